The lowest BCUT2D eigenvalue weighted by molar-refractivity contribution is -0.141. The summed E-state index contributed by atoms with van der Waals surface area (Å²) < 4.78 is 15.0. The summed E-state index contributed by atoms with van der Waals surface area (Å²) in [5.74, 6) is -0.211. The molecule has 1 fully saturated rings. The monoisotopic (exact) mass is 283 g/mol. The third-order valence-electron chi connectivity index (χ3n) is 3.47. The molecule has 7 nitrogen and oxygen atoms in total. The number of carbonyl (C=O) groups excluding carboxylic acids is 1. The SMILES string of the molecule is COC(=O)CCN(Cc1nonc1C)CC1CCCO1. The molecule has 0 radical (unpaired) electrons. The van der Waals surface area contributed by atoms with E-state index in [-0.39, 0.29) is 12.1 Å². The van der Waals surface area contributed by atoms with Crippen LogP contribution in [-0.4, -0.2) is 54.1 Å². The highest BCUT2D eigenvalue weighted by Crippen LogP contribution is 2.15. The van der Waals surface area contributed by atoms with E-state index >= 15 is 0 Å². The molecule has 0 N–H and O–H groups in total. The van der Waals surface area contributed by atoms with Crippen molar-refractivity contribution in [1.82, 2.24) is 15.2 Å². The smallest absolute Gasteiger partial charge is 0.306 e. The number of rotatable bonds is 7. The normalized spacial score (nSPS) is 18.6. The van der Waals surface area contributed by atoms with Crippen molar-refractivity contribution in [3.63, 3.8) is 0 Å². The van der Waals surface area contributed by atoms with Gasteiger partial charge in [-0.25, -0.2) is 4.63 Å². The van der Waals surface area contributed by atoms with Gasteiger partial charge >= 0.3 is 5.97 Å². The third-order valence-corrected chi connectivity index (χ3v) is 3.47. The Labute approximate surface area is 118 Å². The number of hydrogen-bond donors (Lipinski definition) is 0. The molecule has 0 saturated carbocycles. The van der Waals surface area contributed by atoms with E-state index < -0.39 is 0 Å². The van der Waals surface area contributed by atoms with Gasteiger partial charge in [-0.3, -0.25) is 9.69 Å². The Morgan fingerprint density at radius 3 is 2.95 bits per heavy atom. The summed E-state index contributed by atoms with van der Waals surface area (Å²) in [5.41, 5.74) is 1.58. The predicted octanol–water partition coefficient (Wildman–Crippen LogP) is 0.922. The van der Waals surface area contributed by atoms with Crippen molar-refractivity contribution >= 4 is 5.97 Å². The number of nitrogens with zero attached hydrogens (tertiary/aromatic N) is 3. The summed E-state index contributed by atoms with van der Waals surface area (Å²) >= 11 is 0. The van der Waals surface area contributed by atoms with Crippen molar-refractivity contribution in [2.75, 3.05) is 26.8 Å². The summed E-state index contributed by atoms with van der Waals surface area (Å²) in [6.07, 6.45) is 2.74. The zero-order valence-electron chi connectivity index (χ0n) is 12.0. The number of aryl methyl sites for hydroxylation is 1. The van der Waals surface area contributed by atoms with E-state index in [4.69, 9.17) is 9.37 Å². The first-order valence-electron chi connectivity index (χ1n) is 6.88. The lowest BCUT2D eigenvalue weighted by Crippen LogP contribution is -2.34. The zero-order chi connectivity index (χ0) is 14.4. The molecular formula is C13H21N3O4. The summed E-state index contributed by atoms with van der Waals surface area (Å²) in [6, 6.07) is 0. The second-order valence-corrected chi connectivity index (χ2v) is 4.99. The molecule has 1 saturated heterocycles. The van der Waals surface area contributed by atoms with Gasteiger partial charge in [0.05, 0.1) is 19.6 Å². The molecule has 20 heavy (non-hydrogen) atoms. The van der Waals surface area contributed by atoms with E-state index in [1.165, 1.54) is 7.11 Å². The van der Waals surface area contributed by atoms with Crippen LogP contribution in [-0.2, 0) is 20.8 Å². The number of aromatic nitrogens is 2. The van der Waals surface area contributed by atoms with Gasteiger partial charge in [-0.15, -0.1) is 0 Å². The van der Waals surface area contributed by atoms with Crippen LogP contribution in [0.3, 0.4) is 0 Å². The standard InChI is InChI=1S/C13H21N3O4/c1-10-12(15-20-14-10)9-16(6-5-13(17)18-2)8-11-4-3-7-19-11/h11H,3-9H2,1-2H3. The van der Waals surface area contributed by atoms with Crippen LogP contribution >= 0.6 is 0 Å². The lowest BCUT2D eigenvalue weighted by atomic mass is 10.2. The van der Waals surface area contributed by atoms with E-state index in [9.17, 15) is 4.79 Å². The number of methoxy groups -OCH3 is 1. The fourth-order valence-electron chi connectivity index (χ4n) is 2.27. The highest BCUT2D eigenvalue weighted by atomic mass is 16.6. The molecule has 1 unspecified atom stereocenters. The van der Waals surface area contributed by atoms with Crippen molar-refractivity contribution in [1.29, 1.82) is 0 Å². The summed E-state index contributed by atoms with van der Waals surface area (Å²) in [5, 5.41) is 7.67. The van der Waals surface area contributed by atoms with Gasteiger partial charge in [-0.2, -0.15) is 0 Å². The van der Waals surface area contributed by atoms with E-state index in [0.29, 0.717) is 19.5 Å². The van der Waals surface area contributed by atoms with Crippen LogP contribution in [0.4, 0.5) is 0 Å². The van der Waals surface area contributed by atoms with Crippen molar-refractivity contribution in [3.05, 3.63) is 11.4 Å². The van der Waals surface area contributed by atoms with Crippen LogP contribution in [0.25, 0.3) is 0 Å². The van der Waals surface area contributed by atoms with Crippen molar-refractivity contribution in [2.45, 2.75) is 38.8 Å². The first-order valence-corrected chi connectivity index (χ1v) is 6.88. The van der Waals surface area contributed by atoms with Crippen molar-refractivity contribution in [3.8, 4) is 0 Å². The predicted molar refractivity (Wildman–Crippen MR) is 69.9 cm³/mol. The average Bonchev–Trinajstić information content (AvgIpc) is 3.08. The Hall–Kier alpha value is -1.47. The third kappa shape index (κ3) is 4.28. The Kier molecular flexibility index (Phi) is 5.49. The van der Waals surface area contributed by atoms with Crippen LogP contribution in [0.5, 0.6) is 0 Å². The Morgan fingerprint density at radius 2 is 2.35 bits per heavy atom. The molecule has 1 aliphatic heterocycles. The van der Waals surface area contributed by atoms with Gasteiger partial charge in [0.2, 0.25) is 0 Å². The minimum Gasteiger partial charge on any atom is -0.469 e. The van der Waals surface area contributed by atoms with Gasteiger partial charge in [-0.1, -0.05) is 10.3 Å². The van der Waals surface area contributed by atoms with Gasteiger partial charge in [0.1, 0.15) is 11.4 Å². The molecule has 1 aromatic heterocycles. The molecule has 112 valence electrons. The second-order valence-electron chi connectivity index (χ2n) is 4.99. The van der Waals surface area contributed by atoms with E-state index in [2.05, 4.69) is 20.0 Å². The quantitative estimate of drug-likeness (QED) is 0.688. The minimum absolute atomic E-state index is 0.211. The Balaban J connectivity index is 1.91. The molecule has 1 aliphatic rings. The maximum atomic E-state index is 11.3. The molecule has 1 atom stereocenters. The molecule has 7 heteroatoms. The molecule has 2 heterocycles. The molecule has 0 aliphatic carbocycles. The summed E-state index contributed by atoms with van der Waals surface area (Å²) in [4.78, 5) is 13.4. The van der Waals surface area contributed by atoms with Crippen LogP contribution in [0.2, 0.25) is 0 Å². The van der Waals surface area contributed by atoms with Crippen LogP contribution in [0.1, 0.15) is 30.7 Å². The average molecular weight is 283 g/mol. The van der Waals surface area contributed by atoms with E-state index in [1.54, 1.807) is 0 Å². The van der Waals surface area contributed by atoms with E-state index in [0.717, 1.165) is 37.4 Å². The van der Waals surface area contributed by atoms with Crippen molar-refractivity contribution in [2.24, 2.45) is 0 Å². The molecule has 2 rings (SSSR count). The highest BCUT2D eigenvalue weighted by Gasteiger charge is 2.21. The zero-order valence-corrected chi connectivity index (χ0v) is 12.0. The van der Waals surface area contributed by atoms with Gasteiger partial charge in [0.15, 0.2) is 0 Å². The molecule has 0 aromatic carbocycles. The summed E-state index contributed by atoms with van der Waals surface area (Å²) in [7, 11) is 1.40. The highest BCUT2D eigenvalue weighted by molar-refractivity contribution is 5.69. The minimum atomic E-state index is -0.211. The number of hydrogen-bond acceptors (Lipinski definition) is 7. The van der Waals surface area contributed by atoms with E-state index in [1.807, 2.05) is 6.92 Å². The van der Waals surface area contributed by atoms with Crippen LogP contribution in [0.15, 0.2) is 4.63 Å². The fraction of sp³-hybridized carbons (Fsp3) is 0.769. The van der Waals surface area contributed by atoms with Gasteiger partial charge in [0, 0.05) is 26.2 Å². The lowest BCUT2D eigenvalue weighted by Gasteiger charge is -2.23. The first kappa shape index (κ1) is 14.9. The molecular weight excluding hydrogens is 262 g/mol. The molecule has 0 amide bonds. The maximum Gasteiger partial charge on any atom is 0.306 e. The second kappa shape index (κ2) is 7.35. The first-order chi connectivity index (χ1) is 9.69. The maximum absolute atomic E-state index is 11.3. The van der Waals surface area contributed by atoms with Crippen LogP contribution in [0, 0.1) is 6.92 Å². The Morgan fingerprint density at radius 1 is 1.50 bits per heavy atom. The van der Waals surface area contributed by atoms with Crippen LogP contribution < -0.4 is 0 Å². The number of ether oxygens (including phenoxy) is 2. The number of carbonyl (C=O) groups is 1. The fourth-order valence-corrected chi connectivity index (χ4v) is 2.27. The largest absolute Gasteiger partial charge is 0.469 e. The molecule has 0 spiro atoms. The Bertz CT molecular complexity index is 429. The van der Waals surface area contributed by atoms with Gasteiger partial charge < -0.3 is 9.47 Å². The molecule has 1 aromatic rings. The van der Waals surface area contributed by atoms with Crippen molar-refractivity contribution < 1.29 is 18.9 Å². The van der Waals surface area contributed by atoms with Gasteiger partial charge in [-0.05, 0) is 19.8 Å². The summed E-state index contributed by atoms with van der Waals surface area (Å²) in [6.45, 7) is 4.67. The molecule has 0 bridgehead atoms. The topological polar surface area (TPSA) is 77.7 Å². The number of esters is 1. The van der Waals surface area contributed by atoms with Gasteiger partial charge in [0.25, 0.3) is 0 Å².